The number of piperidine rings is 1. The molecule has 3 rings (SSSR count). The Morgan fingerprint density at radius 1 is 1.28 bits per heavy atom. The molecule has 6 nitrogen and oxygen atoms in total. The Morgan fingerprint density at radius 2 is 2.03 bits per heavy atom. The smallest absolute Gasteiger partial charge is 0.191 e. The summed E-state index contributed by atoms with van der Waals surface area (Å²) in [6.45, 7) is 13.1. The molecular weight excluding hydrogens is 362 g/mol. The van der Waals surface area contributed by atoms with E-state index in [9.17, 15) is 0 Å². The molecule has 1 aliphatic rings. The average molecular weight is 398 g/mol. The first-order valence-electron chi connectivity index (χ1n) is 10.8. The lowest BCUT2D eigenvalue weighted by atomic mass is 10.0. The van der Waals surface area contributed by atoms with Gasteiger partial charge in [-0.05, 0) is 43.7 Å². The van der Waals surface area contributed by atoms with Crippen molar-refractivity contribution in [2.45, 2.75) is 65.6 Å². The van der Waals surface area contributed by atoms with E-state index in [2.05, 4.69) is 72.7 Å². The Morgan fingerprint density at radius 3 is 2.69 bits per heavy atom. The Balaban J connectivity index is 1.50. The molecule has 1 fully saturated rings. The van der Waals surface area contributed by atoms with Gasteiger partial charge in [-0.2, -0.15) is 0 Å². The van der Waals surface area contributed by atoms with Gasteiger partial charge >= 0.3 is 0 Å². The molecule has 2 N–H and O–H groups in total. The van der Waals surface area contributed by atoms with Crippen LogP contribution < -0.4 is 10.6 Å². The second kappa shape index (κ2) is 10.4. The highest BCUT2D eigenvalue weighted by atomic mass is 16.5. The molecule has 0 amide bonds. The summed E-state index contributed by atoms with van der Waals surface area (Å²) in [6, 6.07) is 11.1. The van der Waals surface area contributed by atoms with Crippen LogP contribution >= 0.6 is 0 Å². The van der Waals surface area contributed by atoms with Gasteiger partial charge in [0, 0.05) is 38.3 Å². The van der Waals surface area contributed by atoms with E-state index in [4.69, 9.17) is 9.52 Å². The van der Waals surface area contributed by atoms with Crippen molar-refractivity contribution in [2.75, 3.05) is 19.6 Å². The van der Waals surface area contributed by atoms with Crippen molar-refractivity contribution < 1.29 is 4.52 Å². The van der Waals surface area contributed by atoms with Crippen molar-refractivity contribution in [1.82, 2.24) is 20.7 Å². The van der Waals surface area contributed by atoms with Gasteiger partial charge in [-0.1, -0.05) is 43.3 Å². The van der Waals surface area contributed by atoms with Crippen molar-refractivity contribution >= 4 is 5.96 Å². The van der Waals surface area contributed by atoms with Gasteiger partial charge in [-0.25, -0.2) is 4.99 Å². The zero-order chi connectivity index (χ0) is 20.6. The van der Waals surface area contributed by atoms with E-state index >= 15 is 0 Å². The van der Waals surface area contributed by atoms with E-state index in [-0.39, 0.29) is 0 Å². The second-order valence-electron chi connectivity index (χ2n) is 8.19. The van der Waals surface area contributed by atoms with Crippen molar-refractivity contribution in [2.24, 2.45) is 4.99 Å². The fourth-order valence-electron chi connectivity index (χ4n) is 3.61. The van der Waals surface area contributed by atoms with Crippen LogP contribution in [0.25, 0.3) is 0 Å². The topological polar surface area (TPSA) is 65.7 Å². The summed E-state index contributed by atoms with van der Waals surface area (Å²) in [5.41, 5.74) is 3.79. The molecule has 6 heteroatoms. The molecule has 0 spiro atoms. The van der Waals surface area contributed by atoms with Crippen LogP contribution in [0.3, 0.4) is 0 Å². The molecule has 0 atom stereocenters. The molecule has 29 heavy (non-hydrogen) atoms. The molecule has 0 radical (unpaired) electrons. The molecule has 2 heterocycles. The van der Waals surface area contributed by atoms with Crippen molar-refractivity contribution in [3.05, 3.63) is 52.9 Å². The zero-order valence-corrected chi connectivity index (χ0v) is 18.2. The predicted octanol–water partition coefficient (Wildman–Crippen LogP) is 3.83. The first-order chi connectivity index (χ1) is 14.0. The number of nitrogens with zero attached hydrogens (tertiary/aromatic N) is 3. The third-order valence-corrected chi connectivity index (χ3v) is 5.49. The Bertz CT molecular complexity index is 790. The number of hydrogen-bond acceptors (Lipinski definition) is 4. The summed E-state index contributed by atoms with van der Waals surface area (Å²) in [7, 11) is 0. The predicted molar refractivity (Wildman–Crippen MR) is 118 cm³/mol. The highest BCUT2D eigenvalue weighted by Gasteiger charge is 2.20. The number of aryl methyl sites for hydroxylation is 1. The summed E-state index contributed by atoms with van der Waals surface area (Å²) in [5, 5.41) is 11.1. The minimum atomic E-state index is 0.368. The summed E-state index contributed by atoms with van der Waals surface area (Å²) >= 11 is 0. The number of nitrogens with one attached hydrogen (secondary N) is 2. The highest BCUT2D eigenvalue weighted by molar-refractivity contribution is 5.80. The molecule has 1 aromatic carbocycles. The summed E-state index contributed by atoms with van der Waals surface area (Å²) in [4.78, 5) is 7.24. The SMILES string of the molecule is CCNC(=NCc1cc(C(C)C)no1)NC1CCN(Cc2ccccc2C)CC1. The maximum absolute atomic E-state index is 5.41. The van der Waals surface area contributed by atoms with Crippen molar-refractivity contribution in [3.8, 4) is 0 Å². The molecule has 1 aliphatic heterocycles. The average Bonchev–Trinajstić information content (AvgIpc) is 3.19. The first-order valence-corrected chi connectivity index (χ1v) is 10.8. The molecule has 0 unspecified atom stereocenters. The van der Waals surface area contributed by atoms with Crippen LogP contribution in [0.1, 0.15) is 62.1 Å². The van der Waals surface area contributed by atoms with Crippen LogP contribution in [-0.4, -0.2) is 41.7 Å². The van der Waals surface area contributed by atoms with E-state index in [0.29, 0.717) is 18.5 Å². The van der Waals surface area contributed by atoms with Gasteiger partial charge in [-0.15, -0.1) is 0 Å². The third kappa shape index (κ3) is 6.32. The van der Waals surface area contributed by atoms with Gasteiger partial charge in [0.05, 0.1) is 5.69 Å². The molecule has 0 bridgehead atoms. The van der Waals surface area contributed by atoms with Crippen LogP contribution in [0.4, 0.5) is 0 Å². The maximum atomic E-state index is 5.41. The Kier molecular flexibility index (Phi) is 7.69. The minimum Gasteiger partial charge on any atom is -0.359 e. The summed E-state index contributed by atoms with van der Waals surface area (Å²) in [5.74, 6) is 2.03. The van der Waals surface area contributed by atoms with E-state index < -0.39 is 0 Å². The number of guanidine groups is 1. The third-order valence-electron chi connectivity index (χ3n) is 5.49. The summed E-state index contributed by atoms with van der Waals surface area (Å²) in [6.07, 6.45) is 2.24. The maximum Gasteiger partial charge on any atom is 0.191 e. The molecule has 1 aromatic heterocycles. The summed E-state index contributed by atoms with van der Waals surface area (Å²) < 4.78 is 5.41. The molecule has 1 saturated heterocycles. The van der Waals surface area contributed by atoms with Crippen LogP contribution in [-0.2, 0) is 13.1 Å². The fourth-order valence-corrected chi connectivity index (χ4v) is 3.61. The van der Waals surface area contributed by atoms with Crippen LogP contribution in [0.15, 0.2) is 39.8 Å². The first kappa shape index (κ1) is 21.4. The van der Waals surface area contributed by atoms with Gasteiger partial charge in [0.2, 0.25) is 0 Å². The molecule has 2 aromatic rings. The van der Waals surface area contributed by atoms with E-state index in [1.165, 1.54) is 11.1 Å². The van der Waals surface area contributed by atoms with Crippen molar-refractivity contribution in [1.29, 1.82) is 0 Å². The monoisotopic (exact) mass is 397 g/mol. The van der Waals surface area contributed by atoms with Gasteiger partial charge in [0.15, 0.2) is 11.7 Å². The van der Waals surface area contributed by atoms with E-state index in [1.807, 2.05) is 6.07 Å². The van der Waals surface area contributed by atoms with E-state index in [1.54, 1.807) is 0 Å². The van der Waals surface area contributed by atoms with Crippen LogP contribution in [0, 0.1) is 6.92 Å². The molecule has 158 valence electrons. The number of aromatic nitrogens is 1. The van der Waals surface area contributed by atoms with Gasteiger partial charge in [0.25, 0.3) is 0 Å². The van der Waals surface area contributed by atoms with Crippen LogP contribution in [0.5, 0.6) is 0 Å². The zero-order valence-electron chi connectivity index (χ0n) is 18.2. The quantitative estimate of drug-likeness (QED) is 0.549. The number of likely N-dealkylation sites (tertiary alicyclic amines) is 1. The number of aliphatic imine (C=N–C) groups is 1. The van der Waals surface area contributed by atoms with Gasteiger partial charge in [0.1, 0.15) is 6.54 Å². The fraction of sp³-hybridized carbons (Fsp3) is 0.565. The molecule has 0 aliphatic carbocycles. The normalized spacial score (nSPS) is 16.4. The lowest BCUT2D eigenvalue weighted by Gasteiger charge is -2.33. The highest BCUT2D eigenvalue weighted by Crippen LogP contribution is 2.17. The molecule has 0 saturated carbocycles. The lowest BCUT2D eigenvalue weighted by molar-refractivity contribution is 0.198. The molecular formula is C23H35N5O. The van der Waals surface area contributed by atoms with Gasteiger partial charge < -0.3 is 15.2 Å². The Labute approximate surface area is 174 Å². The standard InChI is InChI=1S/C23H35N5O/c1-5-24-23(25-15-21-14-22(17(2)3)27-29-21)26-20-10-12-28(13-11-20)16-19-9-7-6-8-18(19)4/h6-9,14,17,20H,5,10-13,15-16H2,1-4H3,(H2,24,25,26). The lowest BCUT2D eigenvalue weighted by Crippen LogP contribution is -2.48. The van der Waals surface area contributed by atoms with E-state index in [0.717, 1.165) is 56.4 Å². The van der Waals surface area contributed by atoms with Crippen molar-refractivity contribution in [3.63, 3.8) is 0 Å². The Hall–Kier alpha value is -2.34. The number of hydrogen-bond donors (Lipinski definition) is 2. The second-order valence-corrected chi connectivity index (χ2v) is 8.19. The number of rotatable bonds is 7. The van der Waals surface area contributed by atoms with Crippen LogP contribution in [0.2, 0.25) is 0 Å². The van der Waals surface area contributed by atoms with Gasteiger partial charge in [-0.3, -0.25) is 4.90 Å². The minimum absolute atomic E-state index is 0.368. The largest absolute Gasteiger partial charge is 0.359 e. The number of benzene rings is 1.